The lowest BCUT2D eigenvalue weighted by atomic mass is 9.90. The van der Waals surface area contributed by atoms with E-state index in [1.165, 1.54) is 35.4 Å². The average molecular weight is 511 g/mol. The Morgan fingerprint density at radius 3 is 2.64 bits per heavy atom. The van der Waals surface area contributed by atoms with Gasteiger partial charge < -0.3 is 29.6 Å². The maximum absolute atomic E-state index is 12.6. The summed E-state index contributed by atoms with van der Waals surface area (Å²) in [6.07, 6.45) is -2.75. The number of benzene rings is 1. The summed E-state index contributed by atoms with van der Waals surface area (Å²) in [6.45, 7) is 6.66. The molecule has 3 unspecified atom stereocenters. The largest absolute Gasteiger partial charge is 0.573 e. The van der Waals surface area contributed by atoms with Crippen LogP contribution in [0.25, 0.3) is 0 Å². The van der Waals surface area contributed by atoms with Gasteiger partial charge in [0.05, 0.1) is 18.6 Å². The first-order chi connectivity index (χ1) is 16.9. The first-order valence-corrected chi connectivity index (χ1v) is 11.0. The van der Waals surface area contributed by atoms with E-state index >= 15 is 0 Å². The van der Waals surface area contributed by atoms with Gasteiger partial charge in [0, 0.05) is 24.6 Å². The Morgan fingerprint density at radius 1 is 1.39 bits per heavy atom. The molecule has 0 saturated carbocycles. The third-order valence-corrected chi connectivity index (χ3v) is 6.19. The summed E-state index contributed by atoms with van der Waals surface area (Å²) in [7, 11) is 0. The second-order valence-corrected chi connectivity index (χ2v) is 8.92. The fourth-order valence-electron chi connectivity index (χ4n) is 4.89. The number of alkyl halides is 3. The Labute approximate surface area is 203 Å². The van der Waals surface area contributed by atoms with Crippen molar-refractivity contribution in [2.75, 3.05) is 19.6 Å². The van der Waals surface area contributed by atoms with Gasteiger partial charge in [0.15, 0.2) is 0 Å². The average Bonchev–Trinajstić information content (AvgIpc) is 3.29. The molecule has 4 rings (SSSR count). The highest BCUT2D eigenvalue weighted by Crippen LogP contribution is 2.38. The van der Waals surface area contributed by atoms with Gasteiger partial charge in [-0.2, -0.15) is 0 Å². The van der Waals surface area contributed by atoms with Gasteiger partial charge in [0.2, 0.25) is 0 Å². The number of aromatic nitrogens is 2. The van der Waals surface area contributed by atoms with Crippen LogP contribution in [0.3, 0.4) is 0 Å². The van der Waals surface area contributed by atoms with Crippen molar-refractivity contribution < 1.29 is 37.5 Å². The van der Waals surface area contributed by atoms with Gasteiger partial charge in [-0.05, 0) is 36.0 Å². The topological polar surface area (TPSA) is 123 Å². The number of nitro groups is 1. The maximum atomic E-state index is 12.6. The fourth-order valence-corrected chi connectivity index (χ4v) is 4.89. The van der Waals surface area contributed by atoms with Crippen LogP contribution < -0.4 is 9.47 Å². The fraction of sp³-hybridized carbons (Fsp3) is 0.455. The van der Waals surface area contributed by atoms with Gasteiger partial charge in [-0.3, -0.25) is 9.47 Å². The van der Waals surface area contributed by atoms with Gasteiger partial charge in [0.1, 0.15) is 17.5 Å². The second-order valence-electron chi connectivity index (χ2n) is 8.92. The highest BCUT2D eigenvalue weighted by Gasteiger charge is 2.46. The van der Waals surface area contributed by atoms with Gasteiger partial charge in [-0.25, -0.2) is 4.79 Å². The summed E-state index contributed by atoms with van der Waals surface area (Å²) in [4.78, 5) is 29.6. The Balaban J connectivity index is 1.62. The third-order valence-electron chi connectivity index (χ3n) is 6.19. The SMILES string of the molecule is C=CCC1C(c2ccc(OC(F)(F)F)cc2)N(CC2(C)Cn3cc([N+](=O)[O-])nc3O2)CCN1C(=O)O. The molecule has 2 aliphatic rings. The molecule has 194 valence electrons. The Hall–Kier alpha value is -3.81. The van der Waals surface area contributed by atoms with Crippen LogP contribution in [-0.2, 0) is 6.54 Å². The first kappa shape index (κ1) is 25.3. The lowest BCUT2D eigenvalue weighted by Gasteiger charge is -2.48. The highest BCUT2D eigenvalue weighted by atomic mass is 19.4. The van der Waals surface area contributed by atoms with E-state index in [-0.39, 0.29) is 30.7 Å². The van der Waals surface area contributed by atoms with E-state index < -0.39 is 35.1 Å². The van der Waals surface area contributed by atoms with Gasteiger partial charge in [0.25, 0.3) is 0 Å². The molecule has 0 aliphatic carbocycles. The molecule has 36 heavy (non-hydrogen) atoms. The number of piperazine rings is 1. The van der Waals surface area contributed by atoms with Crippen LogP contribution in [0.1, 0.15) is 24.9 Å². The number of halogens is 3. The van der Waals surface area contributed by atoms with Crippen molar-refractivity contribution >= 4 is 11.9 Å². The minimum Gasteiger partial charge on any atom is -0.465 e. The molecule has 1 amide bonds. The zero-order chi connectivity index (χ0) is 26.3. The molecule has 14 heteroatoms. The zero-order valence-corrected chi connectivity index (χ0v) is 19.2. The van der Waals surface area contributed by atoms with Gasteiger partial charge in [-0.15, -0.1) is 19.8 Å². The molecule has 11 nitrogen and oxygen atoms in total. The number of carboxylic acid groups (broad SMARTS) is 1. The molecular weight excluding hydrogens is 487 g/mol. The number of hydrogen-bond acceptors (Lipinski definition) is 7. The van der Waals surface area contributed by atoms with Crippen molar-refractivity contribution in [3.8, 4) is 11.8 Å². The van der Waals surface area contributed by atoms with E-state index in [1.54, 1.807) is 10.6 Å². The summed E-state index contributed by atoms with van der Waals surface area (Å²) in [5.74, 6) is -0.714. The molecule has 0 radical (unpaired) electrons. The number of imidazole rings is 1. The van der Waals surface area contributed by atoms with Crippen molar-refractivity contribution in [2.45, 2.75) is 43.9 Å². The third kappa shape index (κ3) is 5.22. The molecule has 3 atom stereocenters. The predicted octanol–water partition coefficient (Wildman–Crippen LogP) is 3.82. The molecule has 0 bridgehead atoms. The molecule has 2 aliphatic heterocycles. The highest BCUT2D eigenvalue weighted by molar-refractivity contribution is 5.66. The molecule has 1 saturated heterocycles. The van der Waals surface area contributed by atoms with Crippen LogP contribution in [0, 0.1) is 10.1 Å². The molecule has 1 aromatic heterocycles. The quantitative estimate of drug-likeness (QED) is 0.338. The van der Waals surface area contributed by atoms with Crippen molar-refractivity contribution in [3.05, 3.63) is 58.8 Å². The minimum absolute atomic E-state index is 0.112. The van der Waals surface area contributed by atoms with Crippen molar-refractivity contribution in [1.29, 1.82) is 0 Å². The standard InChI is InChI=1S/C22H24F3N5O6/c1-3-4-16-18(14-5-7-15(8-6-14)35-22(23,24)25)27(9-10-29(16)20(31)32)12-21(2)13-28-11-17(30(33)34)26-19(28)36-21/h3,5-8,11,16,18H,1,4,9-10,12-13H2,2H3,(H,31,32). The number of carbonyl (C=O) groups is 1. The number of fused-ring (bicyclic) bond motifs is 1. The smallest absolute Gasteiger partial charge is 0.465 e. The van der Waals surface area contributed by atoms with Gasteiger partial charge in [-0.1, -0.05) is 18.2 Å². The van der Waals surface area contributed by atoms with E-state index in [4.69, 9.17) is 4.74 Å². The van der Waals surface area contributed by atoms with Crippen LogP contribution in [0.2, 0.25) is 0 Å². The molecular formula is C22H24F3N5O6. The van der Waals surface area contributed by atoms with Crippen LogP contribution in [-0.4, -0.2) is 73.1 Å². The van der Waals surface area contributed by atoms with Crippen molar-refractivity contribution in [3.63, 3.8) is 0 Å². The second kappa shape index (κ2) is 9.33. The molecule has 3 heterocycles. The number of nitrogens with zero attached hydrogens (tertiary/aromatic N) is 5. The van der Waals surface area contributed by atoms with E-state index in [0.717, 1.165) is 0 Å². The number of hydrogen-bond donors (Lipinski definition) is 1. The van der Waals surface area contributed by atoms with Crippen LogP contribution in [0.4, 0.5) is 23.8 Å². The summed E-state index contributed by atoms with van der Waals surface area (Å²) >= 11 is 0. The maximum Gasteiger partial charge on any atom is 0.573 e. The Bertz CT molecular complexity index is 1130. The van der Waals surface area contributed by atoms with Crippen LogP contribution in [0.15, 0.2) is 43.1 Å². The number of rotatable bonds is 7. The number of ether oxygens (including phenoxy) is 2. The Morgan fingerprint density at radius 2 is 2.08 bits per heavy atom. The molecule has 1 fully saturated rings. The van der Waals surface area contributed by atoms with E-state index in [1.807, 2.05) is 11.8 Å². The lowest BCUT2D eigenvalue weighted by molar-refractivity contribution is -0.389. The molecule has 2 aromatic rings. The molecule has 1 N–H and O–H groups in total. The zero-order valence-electron chi connectivity index (χ0n) is 19.2. The predicted molar refractivity (Wildman–Crippen MR) is 119 cm³/mol. The van der Waals surface area contributed by atoms with E-state index in [2.05, 4.69) is 16.3 Å². The number of amides is 1. The summed E-state index contributed by atoms with van der Waals surface area (Å²) in [5, 5.41) is 20.8. The lowest BCUT2D eigenvalue weighted by Crippen LogP contribution is -2.59. The van der Waals surface area contributed by atoms with Gasteiger partial charge >= 0.3 is 24.3 Å². The van der Waals surface area contributed by atoms with E-state index in [9.17, 15) is 33.2 Å². The van der Waals surface area contributed by atoms with Crippen molar-refractivity contribution in [1.82, 2.24) is 19.4 Å². The van der Waals surface area contributed by atoms with Crippen LogP contribution >= 0.6 is 0 Å². The molecule has 1 aromatic carbocycles. The summed E-state index contributed by atoms with van der Waals surface area (Å²) in [6, 6.07) is 4.35. The minimum atomic E-state index is -4.84. The monoisotopic (exact) mass is 511 g/mol. The first-order valence-electron chi connectivity index (χ1n) is 11.0. The summed E-state index contributed by atoms with van der Waals surface area (Å²) < 4.78 is 49.3. The van der Waals surface area contributed by atoms with Crippen LogP contribution in [0.5, 0.6) is 11.8 Å². The Kier molecular flexibility index (Phi) is 6.56. The van der Waals surface area contributed by atoms with Crippen molar-refractivity contribution in [2.24, 2.45) is 0 Å². The normalized spacial score (nSPS) is 24.2. The summed E-state index contributed by atoms with van der Waals surface area (Å²) in [5.41, 5.74) is -0.239. The van der Waals surface area contributed by atoms with E-state index in [0.29, 0.717) is 25.1 Å². The molecule has 0 spiro atoms.